The molecule has 2 unspecified atom stereocenters. The summed E-state index contributed by atoms with van der Waals surface area (Å²) >= 11 is 0. The summed E-state index contributed by atoms with van der Waals surface area (Å²) < 4.78 is 5.45. The third-order valence-corrected chi connectivity index (χ3v) is 4.69. The standard InChI is InChI=1S/C18H30N2O/c1-15(14-16-8-4-5-11-18(16)21-3)20(2)13-7-10-17-9-6-12-19-17/h4-5,8,11,15,17,19H,6-7,9-10,12-14H2,1-3H3. The molecule has 0 aromatic heterocycles. The van der Waals surface area contributed by atoms with Crippen molar-refractivity contribution in [3.8, 4) is 5.75 Å². The highest BCUT2D eigenvalue weighted by Gasteiger charge is 2.15. The predicted molar refractivity (Wildman–Crippen MR) is 89.0 cm³/mol. The Morgan fingerprint density at radius 3 is 2.90 bits per heavy atom. The minimum atomic E-state index is 0.540. The number of rotatable bonds is 8. The normalized spacial score (nSPS) is 19.9. The van der Waals surface area contributed by atoms with Crippen LogP contribution in [0, 0.1) is 0 Å². The molecule has 0 saturated carbocycles. The van der Waals surface area contributed by atoms with E-state index in [1.165, 1.54) is 44.3 Å². The third-order valence-electron chi connectivity index (χ3n) is 4.69. The Labute approximate surface area is 129 Å². The first kappa shape index (κ1) is 16.3. The van der Waals surface area contributed by atoms with E-state index in [4.69, 9.17) is 4.74 Å². The summed E-state index contributed by atoms with van der Waals surface area (Å²) in [4.78, 5) is 2.47. The monoisotopic (exact) mass is 290 g/mol. The fourth-order valence-electron chi connectivity index (χ4n) is 3.16. The molecule has 21 heavy (non-hydrogen) atoms. The van der Waals surface area contributed by atoms with E-state index in [2.05, 4.69) is 36.3 Å². The van der Waals surface area contributed by atoms with Gasteiger partial charge in [0.05, 0.1) is 7.11 Å². The molecule has 3 heteroatoms. The number of benzene rings is 1. The summed E-state index contributed by atoms with van der Waals surface area (Å²) in [5.74, 6) is 1.01. The van der Waals surface area contributed by atoms with Crippen LogP contribution in [0.15, 0.2) is 24.3 Å². The molecule has 2 rings (SSSR count). The lowest BCUT2D eigenvalue weighted by Crippen LogP contribution is -2.32. The minimum Gasteiger partial charge on any atom is -0.496 e. The Kier molecular flexibility index (Phi) is 6.52. The lowest BCUT2D eigenvalue weighted by molar-refractivity contribution is 0.246. The number of methoxy groups -OCH3 is 1. The molecule has 1 aliphatic heterocycles. The molecule has 1 aromatic rings. The predicted octanol–water partition coefficient (Wildman–Crippen LogP) is 3.09. The van der Waals surface area contributed by atoms with Crippen LogP contribution in [-0.2, 0) is 6.42 Å². The van der Waals surface area contributed by atoms with Gasteiger partial charge in [0.1, 0.15) is 5.75 Å². The maximum absolute atomic E-state index is 5.45. The molecule has 1 saturated heterocycles. The molecule has 1 heterocycles. The zero-order valence-corrected chi connectivity index (χ0v) is 13.8. The highest BCUT2D eigenvalue weighted by atomic mass is 16.5. The highest BCUT2D eigenvalue weighted by Crippen LogP contribution is 2.20. The maximum atomic E-state index is 5.45. The minimum absolute atomic E-state index is 0.540. The SMILES string of the molecule is COc1ccccc1CC(C)N(C)CCCC1CCCN1. The van der Waals surface area contributed by atoms with Gasteiger partial charge >= 0.3 is 0 Å². The first-order chi connectivity index (χ1) is 10.2. The Hall–Kier alpha value is -1.06. The lowest BCUT2D eigenvalue weighted by Gasteiger charge is -2.26. The molecule has 2 atom stereocenters. The van der Waals surface area contributed by atoms with Gasteiger partial charge in [0.2, 0.25) is 0 Å². The van der Waals surface area contributed by atoms with Gasteiger partial charge in [-0.2, -0.15) is 0 Å². The van der Waals surface area contributed by atoms with Gasteiger partial charge < -0.3 is 15.0 Å². The molecule has 1 fully saturated rings. The van der Waals surface area contributed by atoms with E-state index in [1.54, 1.807) is 7.11 Å². The number of likely N-dealkylation sites (N-methyl/N-ethyl adjacent to an activating group) is 1. The van der Waals surface area contributed by atoms with E-state index in [9.17, 15) is 0 Å². The largest absolute Gasteiger partial charge is 0.496 e. The zero-order valence-electron chi connectivity index (χ0n) is 13.8. The van der Waals surface area contributed by atoms with Crippen molar-refractivity contribution in [2.24, 2.45) is 0 Å². The van der Waals surface area contributed by atoms with Gasteiger partial charge in [0.25, 0.3) is 0 Å². The van der Waals surface area contributed by atoms with Crippen molar-refractivity contribution in [1.29, 1.82) is 0 Å². The summed E-state index contributed by atoms with van der Waals surface area (Å²) in [6, 6.07) is 9.65. The van der Waals surface area contributed by atoms with Crippen LogP contribution >= 0.6 is 0 Å². The molecule has 1 aliphatic rings. The summed E-state index contributed by atoms with van der Waals surface area (Å²) in [7, 11) is 3.99. The van der Waals surface area contributed by atoms with Crippen LogP contribution in [0.1, 0.15) is 38.2 Å². The van der Waals surface area contributed by atoms with E-state index >= 15 is 0 Å². The lowest BCUT2D eigenvalue weighted by atomic mass is 10.0. The summed E-state index contributed by atoms with van der Waals surface area (Å²) in [6.45, 7) is 4.69. The molecular weight excluding hydrogens is 260 g/mol. The second-order valence-electron chi connectivity index (χ2n) is 6.28. The van der Waals surface area contributed by atoms with Crippen LogP contribution in [0.2, 0.25) is 0 Å². The van der Waals surface area contributed by atoms with Gasteiger partial charge in [-0.25, -0.2) is 0 Å². The molecule has 0 amide bonds. The Bertz CT molecular complexity index is 415. The molecule has 0 bridgehead atoms. The molecule has 3 nitrogen and oxygen atoms in total. The van der Waals surface area contributed by atoms with Crippen LogP contribution in [0.5, 0.6) is 5.75 Å². The fourth-order valence-corrected chi connectivity index (χ4v) is 3.16. The molecule has 1 aromatic carbocycles. The first-order valence-corrected chi connectivity index (χ1v) is 8.26. The Morgan fingerprint density at radius 2 is 2.19 bits per heavy atom. The van der Waals surface area contributed by atoms with Gasteiger partial charge in [-0.3, -0.25) is 0 Å². The molecule has 0 spiro atoms. The molecular formula is C18H30N2O. The smallest absolute Gasteiger partial charge is 0.122 e. The van der Waals surface area contributed by atoms with Gasteiger partial charge in [0.15, 0.2) is 0 Å². The third kappa shape index (κ3) is 5.01. The summed E-state index contributed by atoms with van der Waals surface area (Å²) in [5.41, 5.74) is 1.30. The molecule has 0 aliphatic carbocycles. The molecule has 1 N–H and O–H groups in total. The number of ether oxygens (including phenoxy) is 1. The van der Waals surface area contributed by atoms with E-state index in [0.717, 1.165) is 18.2 Å². The van der Waals surface area contributed by atoms with Gasteiger partial charge in [-0.15, -0.1) is 0 Å². The van der Waals surface area contributed by atoms with Gasteiger partial charge in [0, 0.05) is 12.1 Å². The van der Waals surface area contributed by atoms with E-state index in [-0.39, 0.29) is 0 Å². The number of para-hydroxylation sites is 1. The van der Waals surface area contributed by atoms with Crippen molar-refractivity contribution in [2.45, 2.75) is 51.1 Å². The summed E-state index contributed by atoms with van der Waals surface area (Å²) in [5, 5.41) is 3.58. The average Bonchev–Trinajstić information content (AvgIpc) is 3.01. The van der Waals surface area contributed by atoms with Crippen LogP contribution in [0.25, 0.3) is 0 Å². The van der Waals surface area contributed by atoms with Crippen molar-refractivity contribution in [2.75, 3.05) is 27.2 Å². The fraction of sp³-hybridized carbons (Fsp3) is 0.667. The van der Waals surface area contributed by atoms with E-state index < -0.39 is 0 Å². The van der Waals surface area contributed by atoms with Crippen molar-refractivity contribution in [3.63, 3.8) is 0 Å². The van der Waals surface area contributed by atoms with Crippen molar-refractivity contribution < 1.29 is 4.74 Å². The molecule has 0 radical (unpaired) electrons. The van der Waals surface area contributed by atoms with E-state index in [0.29, 0.717) is 6.04 Å². The highest BCUT2D eigenvalue weighted by molar-refractivity contribution is 5.33. The summed E-state index contributed by atoms with van der Waals surface area (Å²) in [6.07, 6.45) is 6.35. The molecule has 118 valence electrons. The number of nitrogens with zero attached hydrogens (tertiary/aromatic N) is 1. The van der Waals surface area contributed by atoms with Gasteiger partial charge in [-0.1, -0.05) is 18.2 Å². The van der Waals surface area contributed by atoms with E-state index in [1.807, 2.05) is 12.1 Å². The topological polar surface area (TPSA) is 24.5 Å². The first-order valence-electron chi connectivity index (χ1n) is 8.26. The van der Waals surface area contributed by atoms with Gasteiger partial charge in [-0.05, 0) is 70.8 Å². The average molecular weight is 290 g/mol. The number of hydrogen-bond acceptors (Lipinski definition) is 3. The second-order valence-corrected chi connectivity index (χ2v) is 6.28. The number of nitrogens with one attached hydrogen (secondary N) is 1. The Balaban J connectivity index is 1.74. The maximum Gasteiger partial charge on any atom is 0.122 e. The number of hydrogen-bond donors (Lipinski definition) is 1. The van der Waals surface area contributed by atoms with Crippen LogP contribution in [0.3, 0.4) is 0 Å². The van der Waals surface area contributed by atoms with Crippen molar-refractivity contribution >= 4 is 0 Å². The van der Waals surface area contributed by atoms with Crippen LogP contribution in [0.4, 0.5) is 0 Å². The second kappa shape index (κ2) is 8.40. The zero-order chi connectivity index (χ0) is 15.1. The quantitative estimate of drug-likeness (QED) is 0.796. The van der Waals surface area contributed by atoms with Crippen LogP contribution in [-0.4, -0.2) is 44.2 Å². The van der Waals surface area contributed by atoms with Crippen molar-refractivity contribution in [1.82, 2.24) is 10.2 Å². The Morgan fingerprint density at radius 1 is 1.38 bits per heavy atom. The van der Waals surface area contributed by atoms with Crippen molar-refractivity contribution in [3.05, 3.63) is 29.8 Å². The van der Waals surface area contributed by atoms with Crippen LogP contribution < -0.4 is 10.1 Å².